The zero-order chi connectivity index (χ0) is 11.8. The van der Waals surface area contributed by atoms with Crippen LogP contribution in [0.5, 0.6) is 0 Å². The summed E-state index contributed by atoms with van der Waals surface area (Å²) in [5.41, 5.74) is 1.26. The van der Waals surface area contributed by atoms with Crippen LogP contribution in [0.3, 0.4) is 0 Å². The van der Waals surface area contributed by atoms with Gasteiger partial charge in [-0.25, -0.2) is 0 Å². The van der Waals surface area contributed by atoms with Crippen LogP contribution in [0.15, 0.2) is 24.5 Å². The number of ether oxygens (including phenoxy) is 1. The SMILES string of the molecule is CCOCC(NCc1ccncc1)C(C)C. The Hall–Kier alpha value is -0.930. The molecule has 1 rings (SSSR count). The van der Waals surface area contributed by atoms with Crippen LogP contribution in [0.4, 0.5) is 0 Å². The Bertz CT molecular complexity index is 275. The van der Waals surface area contributed by atoms with Gasteiger partial charge < -0.3 is 10.1 Å². The van der Waals surface area contributed by atoms with Crippen molar-refractivity contribution in [1.82, 2.24) is 10.3 Å². The summed E-state index contributed by atoms with van der Waals surface area (Å²) in [6, 6.07) is 4.48. The molecular formula is C13H22N2O. The molecule has 1 unspecified atom stereocenters. The second-order valence-corrected chi connectivity index (χ2v) is 4.25. The molecule has 0 spiro atoms. The Labute approximate surface area is 98.2 Å². The molecule has 3 nitrogen and oxygen atoms in total. The number of aromatic nitrogens is 1. The molecule has 1 N–H and O–H groups in total. The average Bonchev–Trinajstić information content (AvgIpc) is 2.30. The highest BCUT2D eigenvalue weighted by molar-refractivity contribution is 5.09. The van der Waals surface area contributed by atoms with E-state index in [1.807, 2.05) is 31.5 Å². The third kappa shape index (κ3) is 4.73. The minimum absolute atomic E-state index is 0.410. The Morgan fingerprint density at radius 2 is 2.00 bits per heavy atom. The predicted octanol–water partition coefficient (Wildman–Crippen LogP) is 2.23. The van der Waals surface area contributed by atoms with E-state index in [9.17, 15) is 0 Å². The van der Waals surface area contributed by atoms with Crippen LogP contribution < -0.4 is 5.32 Å². The summed E-state index contributed by atoms with van der Waals surface area (Å²) in [6.07, 6.45) is 3.65. The molecule has 0 aromatic carbocycles. The maximum atomic E-state index is 5.47. The molecule has 0 aliphatic carbocycles. The second kappa shape index (κ2) is 7.36. The van der Waals surface area contributed by atoms with E-state index in [2.05, 4.69) is 24.1 Å². The molecule has 1 aromatic heterocycles. The molecule has 1 aromatic rings. The number of nitrogens with one attached hydrogen (secondary N) is 1. The number of hydrogen-bond acceptors (Lipinski definition) is 3. The highest BCUT2D eigenvalue weighted by atomic mass is 16.5. The molecule has 0 saturated carbocycles. The van der Waals surface area contributed by atoms with E-state index < -0.39 is 0 Å². The number of hydrogen-bond donors (Lipinski definition) is 1. The Morgan fingerprint density at radius 1 is 1.31 bits per heavy atom. The number of nitrogens with zero attached hydrogens (tertiary/aromatic N) is 1. The summed E-state index contributed by atoms with van der Waals surface area (Å²) in [7, 11) is 0. The van der Waals surface area contributed by atoms with Crippen LogP contribution in [0, 0.1) is 5.92 Å². The van der Waals surface area contributed by atoms with Gasteiger partial charge in [-0.3, -0.25) is 4.98 Å². The minimum Gasteiger partial charge on any atom is -0.380 e. The lowest BCUT2D eigenvalue weighted by atomic mass is 10.1. The fourth-order valence-electron chi connectivity index (χ4n) is 1.48. The van der Waals surface area contributed by atoms with Crippen LogP contribution in [0.2, 0.25) is 0 Å². The Kier molecular flexibility index (Phi) is 6.04. The molecular weight excluding hydrogens is 200 g/mol. The Balaban J connectivity index is 2.38. The van der Waals surface area contributed by atoms with Crippen LogP contribution in [0.1, 0.15) is 26.3 Å². The van der Waals surface area contributed by atoms with Gasteiger partial charge in [-0.05, 0) is 30.5 Å². The van der Waals surface area contributed by atoms with Crippen molar-refractivity contribution in [3.63, 3.8) is 0 Å². The summed E-state index contributed by atoms with van der Waals surface area (Å²) in [6.45, 7) is 8.88. The number of rotatable bonds is 7. The van der Waals surface area contributed by atoms with Crippen LogP contribution in [0.25, 0.3) is 0 Å². The van der Waals surface area contributed by atoms with Crippen LogP contribution in [-0.2, 0) is 11.3 Å². The maximum absolute atomic E-state index is 5.47. The third-order valence-electron chi connectivity index (χ3n) is 2.62. The molecule has 1 heterocycles. The van der Waals surface area contributed by atoms with Crippen molar-refractivity contribution in [1.29, 1.82) is 0 Å². The smallest absolute Gasteiger partial charge is 0.0622 e. The fourth-order valence-corrected chi connectivity index (χ4v) is 1.48. The lowest BCUT2D eigenvalue weighted by Gasteiger charge is -2.22. The van der Waals surface area contributed by atoms with Gasteiger partial charge in [-0.2, -0.15) is 0 Å². The summed E-state index contributed by atoms with van der Waals surface area (Å²) in [5.74, 6) is 0.577. The van der Waals surface area contributed by atoms with Crippen LogP contribution in [-0.4, -0.2) is 24.2 Å². The molecule has 0 saturated heterocycles. The van der Waals surface area contributed by atoms with Crippen molar-refractivity contribution in [2.45, 2.75) is 33.4 Å². The topological polar surface area (TPSA) is 34.1 Å². The van der Waals surface area contributed by atoms with Gasteiger partial charge in [0.15, 0.2) is 0 Å². The summed E-state index contributed by atoms with van der Waals surface area (Å²) >= 11 is 0. The van der Waals surface area contributed by atoms with E-state index in [0.29, 0.717) is 12.0 Å². The van der Waals surface area contributed by atoms with E-state index >= 15 is 0 Å². The first-order valence-corrected chi connectivity index (χ1v) is 5.94. The largest absolute Gasteiger partial charge is 0.380 e. The van der Waals surface area contributed by atoms with Crippen molar-refractivity contribution < 1.29 is 4.74 Å². The first kappa shape index (κ1) is 13.1. The van der Waals surface area contributed by atoms with Gasteiger partial charge in [0.25, 0.3) is 0 Å². The van der Waals surface area contributed by atoms with Gasteiger partial charge in [-0.1, -0.05) is 13.8 Å². The molecule has 0 aliphatic rings. The summed E-state index contributed by atoms with van der Waals surface area (Å²) < 4.78 is 5.47. The normalized spacial score (nSPS) is 13.0. The van der Waals surface area contributed by atoms with E-state index in [-0.39, 0.29) is 0 Å². The van der Waals surface area contributed by atoms with E-state index in [1.54, 1.807) is 0 Å². The Morgan fingerprint density at radius 3 is 2.56 bits per heavy atom. The lowest BCUT2D eigenvalue weighted by Crippen LogP contribution is -2.37. The summed E-state index contributed by atoms with van der Waals surface area (Å²) in [5, 5.41) is 3.52. The average molecular weight is 222 g/mol. The van der Waals surface area contributed by atoms with Gasteiger partial charge in [0.05, 0.1) is 6.61 Å². The minimum atomic E-state index is 0.410. The quantitative estimate of drug-likeness (QED) is 0.768. The van der Waals surface area contributed by atoms with E-state index in [0.717, 1.165) is 19.8 Å². The molecule has 0 fully saturated rings. The highest BCUT2D eigenvalue weighted by Gasteiger charge is 2.12. The fraction of sp³-hybridized carbons (Fsp3) is 0.615. The van der Waals surface area contributed by atoms with E-state index in [4.69, 9.17) is 4.74 Å². The van der Waals surface area contributed by atoms with Crippen molar-refractivity contribution in [2.75, 3.05) is 13.2 Å². The van der Waals surface area contributed by atoms with Gasteiger partial charge in [0.2, 0.25) is 0 Å². The van der Waals surface area contributed by atoms with Gasteiger partial charge in [0, 0.05) is 31.6 Å². The van der Waals surface area contributed by atoms with Crippen molar-refractivity contribution in [3.8, 4) is 0 Å². The maximum Gasteiger partial charge on any atom is 0.0622 e. The first-order valence-electron chi connectivity index (χ1n) is 5.94. The zero-order valence-corrected chi connectivity index (χ0v) is 10.4. The molecule has 3 heteroatoms. The van der Waals surface area contributed by atoms with Gasteiger partial charge in [-0.15, -0.1) is 0 Å². The highest BCUT2D eigenvalue weighted by Crippen LogP contribution is 2.04. The first-order chi connectivity index (χ1) is 7.74. The number of pyridine rings is 1. The van der Waals surface area contributed by atoms with Crippen molar-refractivity contribution >= 4 is 0 Å². The lowest BCUT2D eigenvalue weighted by molar-refractivity contribution is 0.108. The molecule has 0 amide bonds. The van der Waals surface area contributed by atoms with Crippen molar-refractivity contribution in [3.05, 3.63) is 30.1 Å². The molecule has 90 valence electrons. The summed E-state index contributed by atoms with van der Waals surface area (Å²) in [4.78, 5) is 4.00. The second-order valence-electron chi connectivity index (χ2n) is 4.25. The van der Waals surface area contributed by atoms with E-state index in [1.165, 1.54) is 5.56 Å². The monoisotopic (exact) mass is 222 g/mol. The van der Waals surface area contributed by atoms with Gasteiger partial charge >= 0.3 is 0 Å². The molecule has 1 atom stereocenters. The van der Waals surface area contributed by atoms with Crippen molar-refractivity contribution in [2.24, 2.45) is 5.92 Å². The molecule has 0 radical (unpaired) electrons. The molecule has 0 aliphatic heterocycles. The third-order valence-corrected chi connectivity index (χ3v) is 2.62. The molecule has 0 bridgehead atoms. The standard InChI is InChI=1S/C13H22N2O/c1-4-16-10-13(11(2)3)15-9-12-5-7-14-8-6-12/h5-8,11,13,15H,4,9-10H2,1-3H3. The van der Waals surface area contributed by atoms with Crippen LogP contribution >= 0.6 is 0 Å². The molecule has 16 heavy (non-hydrogen) atoms. The zero-order valence-electron chi connectivity index (χ0n) is 10.4. The predicted molar refractivity (Wildman–Crippen MR) is 66.2 cm³/mol. The van der Waals surface area contributed by atoms with Gasteiger partial charge in [0.1, 0.15) is 0 Å².